The summed E-state index contributed by atoms with van der Waals surface area (Å²) >= 11 is 0. The van der Waals surface area contributed by atoms with Crippen LogP contribution >= 0.6 is 0 Å². The molecule has 0 saturated carbocycles. The fraction of sp³-hybridized carbons (Fsp3) is 0.400. The third-order valence-corrected chi connectivity index (χ3v) is 2.41. The Morgan fingerprint density at radius 2 is 2.14 bits per heavy atom. The Kier molecular flexibility index (Phi) is 2.48. The van der Waals surface area contributed by atoms with Crippen LogP contribution in [0.3, 0.4) is 0 Å². The van der Waals surface area contributed by atoms with Crippen molar-refractivity contribution in [1.82, 2.24) is 0 Å². The molecule has 1 aliphatic rings. The van der Waals surface area contributed by atoms with Gasteiger partial charge in [0, 0.05) is 24.3 Å². The van der Waals surface area contributed by atoms with E-state index in [9.17, 15) is 8.78 Å². The van der Waals surface area contributed by atoms with Gasteiger partial charge in [0.2, 0.25) is 0 Å². The van der Waals surface area contributed by atoms with Crippen molar-refractivity contribution in [2.45, 2.75) is 18.6 Å². The molecular weight excluding hydrogens is 188 g/mol. The minimum absolute atomic E-state index is 0.199. The lowest BCUT2D eigenvalue weighted by Gasteiger charge is -2.15. The van der Waals surface area contributed by atoms with Gasteiger partial charge in [-0.15, -0.1) is 0 Å². The lowest BCUT2D eigenvalue weighted by molar-refractivity contribution is 0.102. The van der Waals surface area contributed by atoms with Crippen LogP contribution in [0.15, 0.2) is 18.2 Å². The summed E-state index contributed by atoms with van der Waals surface area (Å²) in [5, 5.41) is 0. The number of halogens is 2. The summed E-state index contributed by atoms with van der Waals surface area (Å²) in [6, 6.07) is 3.26. The van der Waals surface area contributed by atoms with Gasteiger partial charge in [-0.3, -0.25) is 0 Å². The second kappa shape index (κ2) is 3.63. The van der Waals surface area contributed by atoms with Gasteiger partial charge in [-0.1, -0.05) is 6.07 Å². The van der Waals surface area contributed by atoms with Gasteiger partial charge in [-0.05, 0) is 12.5 Å². The number of rotatable bonds is 1. The Morgan fingerprint density at radius 1 is 1.36 bits per heavy atom. The molecular formula is C10H11F2NO. The minimum Gasteiger partial charge on any atom is -0.372 e. The standard InChI is InChI=1S/C10H11F2NO/c11-6-1-2-7(8(12)5-6)10-9(13)3-4-14-10/h1-2,5,9-10H,3-4,13H2. The van der Waals surface area contributed by atoms with Crippen LogP contribution < -0.4 is 5.73 Å². The fourth-order valence-electron chi connectivity index (χ4n) is 1.66. The second-order valence-corrected chi connectivity index (χ2v) is 3.41. The molecule has 2 unspecified atom stereocenters. The van der Waals surface area contributed by atoms with Crippen molar-refractivity contribution in [2.24, 2.45) is 5.73 Å². The molecule has 0 bridgehead atoms. The van der Waals surface area contributed by atoms with E-state index in [1.807, 2.05) is 0 Å². The third-order valence-electron chi connectivity index (χ3n) is 2.41. The molecule has 14 heavy (non-hydrogen) atoms. The highest BCUT2D eigenvalue weighted by Gasteiger charge is 2.28. The van der Waals surface area contributed by atoms with Crippen LogP contribution in [-0.2, 0) is 4.74 Å². The summed E-state index contributed by atoms with van der Waals surface area (Å²) in [7, 11) is 0. The Balaban J connectivity index is 2.31. The van der Waals surface area contributed by atoms with Crippen LogP contribution in [0.5, 0.6) is 0 Å². The zero-order valence-corrected chi connectivity index (χ0v) is 7.54. The van der Waals surface area contributed by atoms with Crippen LogP contribution in [0.1, 0.15) is 18.1 Å². The molecule has 0 spiro atoms. The number of hydrogen-bond donors (Lipinski definition) is 1. The van der Waals surface area contributed by atoms with Crippen LogP contribution in [0.25, 0.3) is 0 Å². The maximum atomic E-state index is 13.3. The molecule has 0 aliphatic carbocycles. The molecule has 1 saturated heterocycles. The van der Waals surface area contributed by atoms with E-state index in [1.165, 1.54) is 12.1 Å². The average Bonchev–Trinajstić information content (AvgIpc) is 2.52. The zero-order valence-electron chi connectivity index (χ0n) is 7.54. The van der Waals surface area contributed by atoms with Crippen LogP contribution in [0.2, 0.25) is 0 Å². The van der Waals surface area contributed by atoms with Gasteiger partial charge in [0.15, 0.2) is 0 Å². The van der Waals surface area contributed by atoms with Gasteiger partial charge >= 0.3 is 0 Å². The molecule has 1 aliphatic heterocycles. The highest BCUT2D eigenvalue weighted by atomic mass is 19.1. The summed E-state index contributed by atoms with van der Waals surface area (Å²) in [6.07, 6.45) is 0.275. The normalized spacial score (nSPS) is 26.8. The van der Waals surface area contributed by atoms with Gasteiger partial charge in [0.25, 0.3) is 0 Å². The summed E-state index contributed by atoms with van der Waals surface area (Å²) in [4.78, 5) is 0. The number of ether oxygens (including phenoxy) is 1. The molecule has 0 radical (unpaired) electrons. The van der Waals surface area contributed by atoms with E-state index in [1.54, 1.807) is 0 Å². The summed E-state index contributed by atoms with van der Waals surface area (Å²) in [6.45, 7) is 0.530. The maximum absolute atomic E-state index is 13.3. The van der Waals surface area contributed by atoms with E-state index in [2.05, 4.69) is 0 Å². The largest absolute Gasteiger partial charge is 0.372 e. The van der Waals surface area contributed by atoms with Crippen LogP contribution in [0, 0.1) is 11.6 Å². The Labute approximate surface area is 80.7 Å². The van der Waals surface area contributed by atoms with Crippen LogP contribution in [-0.4, -0.2) is 12.6 Å². The molecule has 2 N–H and O–H groups in total. The molecule has 76 valence electrons. The molecule has 4 heteroatoms. The first-order valence-corrected chi connectivity index (χ1v) is 4.50. The van der Waals surface area contributed by atoms with Gasteiger partial charge in [0.1, 0.15) is 17.7 Å². The summed E-state index contributed by atoms with van der Waals surface area (Å²) < 4.78 is 31.2. The predicted molar refractivity (Wildman–Crippen MR) is 47.6 cm³/mol. The molecule has 0 aromatic heterocycles. The Hall–Kier alpha value is -1.00. The lowest BCUT2D eigenvalue weighted by atomic mass is 10.0. The van der Waals surface area contributed by atoms with E-state index in [-0.39, 0.29) is 6.04 Å². The van der Waals surface area contributed by atoms with Crippen molar-refractivity contribution in [3.05, 3.63) is 35.4 Å². The van der Waals surface area contributed by atoms with Crippen molar-refractivity contribution in [3.8, 4) is 0 Å². The summed E-state index contributed by atoms with van der Waals surface area (Å²) in [5.74, 6) is -1.18. The first-order valence-electron chi connectivity index (χ1n) is 4.50. The number of benzene rings is 1. The lowest BCUT2D eigenvalue weighted by Crippen LogP contribution is -2.24. The quantitative estimate of drug-likeness (QED) is 0.747. The minimum atomic E-state index is -0.590. The molecule has 1 heterocycles. The van der Waals surface area contributed by atoms with Crippen molar-refractivity contribution in [3.63, 3.8) is 0 Å². The highest BCUT2D eigenvalue weighted by molar-refractivity contribution is 5.23. The van der Waals surface area contributed by atoms with Crippen LogP contribution in [0.4, 0.5) is 8.78 Å². The van der Waals surface area contributed by atoms with Gasteiger partial charge in [-0.25, -0.2) is 8.78 Å². The second-order valence-electron chi connectivity index (χ2n) is 3.41. The van der Waals surface area contributed by atoms with Gasteiger partial charge < -0.3 is 10.5 Å². The molecule has 2 atom stereocenters. The first kappa shape index (κ1) is 9.55. The molecule has 1 fully saturated rings. The topological polar surface area (TPSA) is 35.2 Å². The SMILES string of the molecule is NC1CCOC1c1ccc(F)cc1F. The first-order chi connectivity index (χ1) is 6.68. The van der Waals surface area contributed by atoms with E-state index in [0.29, 0.717) is 18.6 Å². The van der Waals surface area contributed by atoms with Crippen molar-refractivity contribution >= 4 is 0 Å². The molecule has 2 nitrogen and oxygen atoms in total. The van der Waals surface area contributed by atoms with Gasteiger partial charge in [0.05, 0.1) is 0 Å². The highest BCUT2D eigenvalue weighted by Crippen LogP contribution is 2.29. The molecule has 0 amide bonds. The average molecular weight is 199 g/mol. The van der Waals surface area contributed by atoms with E-state index in [4.69, 9.17) is 10.5 Å². The van der Waals surface area contributed by atoms with E-state index < -0.39 is 17.7 Å². The molecule has 1 aromatic carbocycles. The Bertz CT molecular complexity index is 343. The fourth-order valence-corrected chi connectivity index (χ4v) is 1.66. The van der Waals surface area contributed by atoms with E-state index >= 15 is 0 Å². The van der Waals surface area contributed by atoms with Crippen molar-refractivity contribution < 1.29 is 13.5 Å². The third kappa shape index (κ3) is 1.63. The molecule has 1 aromatic rings. The van der Waals surface area contributed by atoms with Crippen molar-refractivity contribution in [2.75, 3.05) is 6.61 Å². The Morgan fingerprint density at radius 3 is 2.71 bits per heavy atom. The number of nitrogens with two attached hydrogens (primary N) is 1. The van der Waals surface area contributed by atoms with Crippen molar-refractivity contribution in [1.29, 1.82) is 0 Å². The summed E-state index contributed by atoms with van der Waals surface area (Å²) in [5.41, 5.74) is 6.08. The molecule has 2 rings (SSSR count). The number of hydrogen-bond acceptors (Lipinski definition) is 2. The predicted octanol–water partition coefficient (Wildman–Crippen LogP) is 1.75. The monoisotopic (exact) mass is 199 g/mol. The smallest absolute Gasteiger partial charge is 0.131 e. The van der Waals surface area contributed by atoms with Gasteiger partial charge in [-0.2, -0.15) is 0 Å². The van der Waals surface area contributed by atoms with E-state index in [0.717, 1.165) is 6.07 Å². The maximum Gasteiger partial charge on any atom is 0.131 e. The zero-order chi connectivity index (χ0) is 10.1.